The number of carbonyl (C=O) groups excluding carboxylic acids is 2. The molecule has 2 N–H and O–H groups in total. The van der Waals surface area contributed by atoms with E-state index in [9.17, 15) is 14.0 Å². The van der Waals surface area contributed by atoms with Gasteiger partial charge in [-0.25, -0.2) is 4.39 Å². The first-order valence-electron chi connectivity index (χ1n) is 6.94. The SMILES string of the molecule is O=C(Cc1ccc(F)cc1)NNC(=O)c1cc2ccccc2s1. The lowest BCUT2D eigenvalue weighted by Gasteiger charge is -2.06. The van der Waals surface area contributed by atoms with Gasteiger partial charge in [-0.3, -0.25) is 20.4 Å². The Hall–Kier alpha value is -2.73. The number of rotatable bonds is 3. The number of carbonyl (C=O) groups is 2. The Morgan fingerprint density at radius 3 is 2.48 bits per heavy atom. The van der Waals surface area contributed by atoms with E-state index in [0.29, 0.717) is 10.4 Å². The molecule has 1 heterocycles. The Labute approximate surface area is 135 Å². The van der Waals surface area contributed by atoms with Gasteiger partial charge in [0.2, 0.25) is 5.91 Å². The molecule has 3 rings (SSSR count). The summed E-state index contributed by atoms with van der Waals surface area (Å²) in [5, 5.41) is 0.986. The molecular weight excluding hydrogens is 315 g/mol. The van der Waals surface area contributed by atoms with Gasteiger partial charge in [-0.15, -0.1) is 11.3 Å². The number of nitrogens with one attached hydrogen (secondary N) is 2. The molecule has 0 saturated carbocycles. The Bertz CT molecular complexity index is 825. The summed E-state index contributed by atoms with van der Waals surface area (Å²) in [4.78, 5) is 24.4. The molecular formula is C17H13FN2O2S. The van der Waals surface area contributed by atoms with E-state index in [-0.39, 0.29) is 24.1 Å². The smallest absolute Gasteiger partial charge is 0.273 e. The van der Waals surface area contributed by atoms with E-state index in [1.807, 2.05) is 24.3 Å². The summed E-state index contributed by atoms with van der Waals surface area (Å²) in [5.74, 6) is -1.09. The molecule has 6 heteroatoms. The summed E-state index contributed by atoms with van der Waals surface area (Å²) in [6.45, 7) is 0. The Morgan fingerprint density at radius 1 is 1.00 bits per heavy atom. The second kappa shape index (κ2) is 6.58. The molecule has 0 aliphatic heterocycles. The number of benzene rings is 2. The largest absolute Gasteiger partial charge is 0.279 e. The molecule has 0 fully saturated rings. The van der Waals surface area contributed by atoms with Crippen LogP contribution in [-0.4, -0.2) is 11.8 Å². The van der Waals surface area contributed by atoms with Gasteiger partial charge in [0.05, 0.1) is 11.3 Å². The van der Waals surface area contributed by atoms with E-state index in [2.05, 4.69) is 10.9 Å². The molecule has 23 heavy (non-hydrogen) atoms. The maximum atomic E-state index is 12.8. The average Bonchev–Trinajstić information content (AvgIpc) is 2.99. The van der Waals surface area contributed by atoms with Gasteiger partial charge < -0.3 is 0 Å². The van der Waals surface area contributed by atoms with Gasteiger partial charge in [0.15, 0.2) is 0 Å². The molecule has 0 saturated heterocycles. The number of fused-ring (bicyclic) bond motifs is 1. The van der Waals surface area contributed by atoms with Crippen molar-refractivity contribution in [2.24, 2.45) is 0 Å². The maximum absolute atomic E-state index is 12.8. The van der Waals surface area contributed by atoms with E-state index < -0.39 is 0 Å². The summed E-state index contributed by atoms with van der Waals surface area (Å²) in [6.07, 6.45) is 0.0625. The van der Waals surface area contributed by atoms with E-state index in [4.69, 9.17) is 0 Å². The second-order valence-electron chi connectivity index (χ2n) is 4.95. The van der Waals surface area contributed by atoms with Crippen molar-refractivity contribution in [2.75, 3.05) is 0 Å². The van der Waals surface area contributed by atoms with E-state index in [1.54, 1.807) is 6.07 Å². The number of amides is 2. The number of hydrogen-bond acceptors (Lipinski definition) is 3. The fourth-order valence-corrected chi connectivity index (χ4v) is 3.07. The van der Waals surface area contributed by atoms with Crippen LogP contribution in [0, 0.1) is 5.82 Å². The van der Waals surface area contributed by atoms with Gasteiger partial charge in [-0.05, 0) is 35.2 Å². The predicted molar refractivity (Wildman–Crippen MR) is 87.5 cm³/mol. The molecule has 2 aromatic carbocycles. The van der Waals surface area contributed by atoms with Crippen LogP contribution in [0.2, 0.25) is 0 Å². The first-order valence-corrected chi connectivity index (χ1v) is 7.76. The lowest BCUT2D eigenvalue weighted by atomic mass is 10.1. The van der Waals surface area contributed by atoms with E-state index in [1.165, 1.54) is 35.6 Å². The zero-order valence-electron chi connectivity index (χ0n) is 12.0. The summed E-state index contributed by atoms with van der Waals surface area (Å²) in [7, 11) is 0. The van der Waals surface area contributed by atoms with Crippen molar-refractivity contribution in [3.05, 3.63) is 70.9 Å². The highest BCUT2D eigenvalue weighted by Gasteiger charge is 2.11. The van der Waals surface area contributed by atoms with E-state index in [0.717, 1.165) is 10.1 Å². The second-order valence-corrected chi connectivity index (χ2v) is 6.04. The van der Waals surface area contributed by atoms with Crippen LogP contribution in [0.5, 0.6) is 0 Å². The van der Waals surface area contributed by atoms with Crippen molar-refractivity contribution in [1.82, 2.24) is 10.9 Å². The molecule has 0 spiro atoms. The normalized spacial score (nSPS) is 10.5. The summed E-state index contributed by atoms with van der Waals surface area (Å²) in [6, 6.07) is 15.1. The highest BCUT2D eigenvalue weighted by Crippen LogP contribution is 2.24. The first-order chi connectivity index (χ1) is 11.1. The quantitative estimate of drug-likeness (QED) is 0.726. The standard InChI is InChI=1S/C17H13FN2O2S/c18-13-7-5-11(6-8-13)9-16(21)19-20-17(22)15-10-12-3-1-2-4-14(12)23-15/h1-8,10H,9H2,(H,19,21)(H,20,22). The highest BCUT2D eigenvalue weighted by molar-refractivity contribution is 7.20. The minimum atomic E-state index is -0.369. The first kappa shape index (κ1) is 15.2. The molecule has 0 radical (unpaired) electrons. The molecule has 116 valence electrons. The number of hydrogen-bond donors (Lipinski definition) is 2. The summed E-state index contributed by atoms with van der Waals surface area (Å²) >= 11 is 1.36. The van der Waals surface area contributed by atoms with Crippen molar-refractivity contribution >= 4 is 33.2 Å². The molecule has 0 bridgehead atoms. The Kier molecular flexibility index (Phi) is 4.34. The molecule has 0 atom stereocenters. The minimum Gasteiger partial charge on any atom is -0.273 e. The topological polar surface area (TPSA) is 58.2 Å². The van der Waals surface area contributed by atoms with Crippen LogP contribution >= 0.6 is 11.3 Å². The van der Waals surface area contributed by atoms with Crippen molar-refractivity contribution in [2.45, 2.75) is 6.42 Å². The van der Waals surface area contributed by atoms with Gasteiger partial charge >= 0.3 is 0 Å². The fourth-order valence-electron chi connectivity index (χ4n) is 2.11. The van der Waals surface area contributed by atoms with Crippen LogP contribution in [0.25, 0.3) is 10.1 Å². The van der Waals surface area contributed by atoms with Crippen molar-refractivity contribution in [1.29, 1.82) is 0 Å². The lowest BCUT2D eigenvalue weighted by Crippen LogP contribution is -2.42. The maximum Gasteiger partial charge on any atom is 0.279 e. The van der Waals surface area contributed by atoms with Gasteiger partial charge in [0, 0.05) is 4.70 Å². The summed E-state index contributed by atoms with van der Waals surface area (Å²) < 4.78 is 13.8. The predicted octanol–water partition coefficient (Wildman–Crippen LogP) is 3.04. The third-order valence-corrected chi connectivity index (χ3v) is 4.36. The molecule has 0 aliphatic rings. The van der Waals surface area contributed by atoms with Crippen molar-refractivity contribution < 1.29 is 14.0 Å². The third-order valence-electron chi connectivity index (χ3n) is 3.24. The molecule has 4 nitrogen and oxygen atoms in total. The van der Waals surface area contributed by atoms with E-state index >= 15 is 0 Å². The molecule has 0 unspecified atom stereocenters. The Morgan fingerprint density at radius 2 is 1.74 bits per heavy atom. The monoisotopic (exact) mass is 328 g/mol. The molecule has 0 aliphatic carbocycles. The van der Waals surface area contributed by atoms with Gasteiger partial charge in [-0.2, -0.15) is 0 Å². The zero-order chi connectivity index (χ0) is 16.2. The van der Waals surface area contributed by atoms with Crippen LogP contribution in [0.15, 0.2) is 54.6 Å². The lowest BCUT2D eigenvalue weighted by molar-refractivity contribution is -0.121. The summed E-state index contributed by atoms with van der Waals surface area (Å²) in [5.41, 5.74) is 5.42. The van der Waals surface area contributed by atoms with Crippen LogP contribution in [0.3, 0.4) is 0 Å². The highest BCUT2D eigenvalue weighted by atomic mass is 32.1. The number of halogens is 1. The fraction of sp³-hybridized carbons (Fsp3) is 0.0588. The van der Waals surface area contributed by atoms with Gasteiger partial charge in [-0.1, -0.05) is 30.3 Å². The van der Waals surface area contributed by atoms with Crippen LogP contribution in [-0.2, 0) is 11.2 Å². The van der Waals surface area contributed by atoms with Gasteiger partial charge in [0.1, 0.15) is 5.82 Å². The third kappa shape index (κ3) is 3.73. The van der Waals surface area contributed by atoms with Crippen LogP contribution in [0.1, 0.15) is 15.2 Å². The number of hydrazine groups is 1. The van der Waals surface area contributed by atoms with Crippen LogP contribution in [0.4, 0.5) is 4.39 Å². The van der Waals surface area contributed by atoms with Gasteiger partial charge in [0.25, 0.3) is 5.91 Å². The Balaban J connectivity index is 1.57. The number of thiophene rings is 1. The molecule has 1 aromatic heterocycles. The molecule has 3 aromatic rings. The van der Waals surface area contributed by atoms with Crippen molar-refractivity contribution in [3.8, 4) is 0 Å². The zero-order valence-corrected chi connectivity index (χ0v) is 12.8. The van der Waals surface area contributed by atoms with Crippen molar-refractivity contribution in [3.63, 3.8) is 0 Å². The molecule has 2 amide bonds. The average molecular weight is 328 g/mol. The van der Waals surface area contributed by atoms with Crippen LogP contribution < -0.4 is 10.9 Å². The minimum absolute atomic E-state index is 0.0625.